The molecule has 0 rings (SSSR count). The molecule has 47 valence electrons. The molecular weight excluding hydrogens is 102 g/mol. The minimum atomic E-state index is 0.359. The average molecular weight is 114 g/mol. The largest absolute Gasteiger partial charge is 0.411 e. The zero-order chi connectivity index (χ0) is 6.41. The number of hydrogen-bond acceptors (Lipinski definition) is 2. The van der Waals surface area contributed by atoms with Crippen molar-refractivity contribution in [3.05, 3.63) is 6.92 Å². The monoisotopic (exact) mass is 114 g/mol. The van der Waals surface area contributed by atoms with E-state index in [1.54, 1.807) is 0 Å². The Labute approximate surface area is 50.2 Å². The first-order valence-electron chi connectivity index (χ1n) is 2.78. The molecule has 1 atom stereocenters. The van der Waals surface area contributed by atoms with Crippen LogP contribution in [0.5, 0.6) is 0 Å². The number of hydrogen-bond donors (Lipinski definition) is 1. The van der Waals surface area contributed by atoms with Crippen LogP contribution in [0.3, 0.4) is 0 Å². The summed E-state index contributed by atoms with van der Waals surface area (Å²) in [4.78, 5) is 0. The molecule has 0 aliphatic carbocycles. The van der Waals surface area contributed by atoms with E-state index in [2.05, 4.69) is 12.1 Å². The highest BCUT2D eigenvalue weighted by Gasteiger charge is 1.92. The van der Waals surface area contributed by atoms with E-state index in [0.717, 1.165) is 12.8 Å². The van der Waals surface area contributed by atoms with Crippen LogP contribution in [0.4, 0.5) is 0 Å². The minimum absolute atomic E-state index is 0.359. The van der Waals surface area contributed by atoms with E-state index < -0.39 is 0 Å². The lowest BCUT2D eigenvalue weighted by Crippen LogP contribution is -1.93. The Hall–Kier alpha value is -0.530. The highest BCUT2D eigenvalue weighted by atomic mass is 16.4. The van der Waals surface area contributed by atoms with Gasteiger partial charge in [-0.05, 0) is 12.3 Å². The van der Waals surface area contributed by atoms with Gasteiger partial charge in [0.1, 0.15) is 0 Å². The predicted molar refractivity (Wildman–Crippen MR) is 34.0 cm³/mol. The second-order valence-corrected chi connectivity index (χ2v) is 1.88. The Bertz CT molecular complexity index is 70.9. The second kappa shape index (κ2) is 4.62. The van der Waals surface area contributed by atoms with Crippen LogP contribution >= 0.6 is 0 Å². The van der Waals surface area contributed by atoms with Crippen LogP contribution < -0.4 is 0 Å². The quantitative estimate of drug-likeness (QED) is 0.338. The van der Waals surface area contributed by atoms with E-state index >= 15 is 0 Å². The van der Waals surface area contributed by atoms with Gasteiger partial charge in [-0.25, -0.2) is 0 Å². The lowest BCUT2D eigenvalue weighted by atomic mass is 10.1. The molecule has 1 radical (unpaired) electrons. The van der Waals surface area contributed by atoms with Gasteiger partial charge in [-0.3, -0.25) is 0 Å². The molecule has 0 amide bonds. The summed E-state index contributed by atoms with van der Waals surface area (Å²) in [5.41, 5.74) is 0. The van der Waals surface area contributed by atoms with Crippen molar-refractivity contribution in [2.24, 2.45) is 11.1 Å². The molecule has 0 aromatic heterocycles. The van der Waals surface area contributed by atoms with E-state index in [1.807, 2.05) is 6.92 Å². The van der Waals surface area contributed by atoms with Gasteiger partial charge in [0, 0.05) is 6.21 Å². The molecule has 0 heterocycles. The van der Waals surface area contributed by atoms with Crippen LogP contribution in [0.2, 0.25) is 0 Å². The fourth-order valence-corrected chi connectivity index (χ4v) is 0.510. The maximum absolute atomic E-state index is 8.01. The Morgan fingerprint density at radius 1 is 1.88 bits per heavy atom. The Morgan fingerprint density at radius 3 is 2.88 bits per heavy atom. The first kappa shape index (κ1) is 7.47. The Morgan fingerprint density at radius 2 is 2.50 bits per heavy atom. The van der Waals surface area contributed by atoms with Crippen LogP contribution in [0, 0.1) is 12.8 Å². The van der Waals surface area contributed by atoms with Gasteiger partial charge in [0.05, 0.1) is 0 Å². The van der Waals surface area contributed by atoms with Crippen molar-refractivity contribution in [1.29, 1.82) is 0 Å². The van der Waals surface area contributed by atoms with Crippen molar-refractivity contribution in [3.63, 3.8) is 0 Å². The first-order valence-corrected chi connectivity index (χ1v) is 2.78. The molecule has 2 nitrogen and oxygen atoms in total. The highest BCUT2D eigenvalue weighted by Crippen LogP contribution is 1.99. The summed E-state index contributed by atoms with van der Waals surface area (Å²) in [6.07, 6.45) is 3.41. The Balaban J connectivity index is 3.17. The SMILES string of the molecule is [CH2]CCC(C)/C=N\O. The van der Waals surface area contributed by atoms with Gasteiger partial charge in [-0.1, -0.05) is 20.3 Å². The third-order valence-corrected chi connectivity index (χ3v) is 0.981. The zero-order valence-electron chi connectivity index (χ0n) is 5.17. The maximum atomic E-state index is 8.01. The molecule has 1 unspecified atom stereocenters. The van der Waals surface area contributed by atoms with Gasteiger partial charge in [0.25, 0.3) is 0 Å². The van der Waals surface area contributed by atoms with Crippen LogP contribution in [-0.2, 0) is 0 Å². The van der Waals surface area contributed by atoms with Crippen LogP contribution in [0.15, 0.2) is 5.16 Å². The van der Waals surface area contributed by atoms with Crippen LogP contribution in [-0.4, -0.2) is 11.4 Å². The Kier molecular flexibility index (Phi) is 4.32. The minimum Gasteiger partial charge on any atom is -0.411 e. The van der Waals surface area contributed by atoms with E-state index in [4.69, 9.17) is 5.21 Å². The molecule has 8 heavy (non-hydrogen) atoms. The molecule has 0 saturated heterocycles. The van der Waals surface area contributed by atoms with Gasteiger partial charge < -0.3 is 5.21 Å². The number of rotatable bonds is 3. The summed E-state index contributed by atoms with van der Waals surface area (Å²) in [5, 5.41) is 10.9. The van der Waals surface area contributed by atoms with E-state index in [9.17, 15) is 0 Å². The molecule has 1 N–H and O–H groups in total. The third-order valence-electron chi connectivity index (χ3n) is 0.981. The summed E-state index contributed by atoms with van der Waals surface area (Å²) in [7, 11) is 0. The molecule has 0 aliphatic heterocycles. The van der Waals surface area contributed by atoms with Gasteiger partial charge in [0.2, 0.25) is 0 Å². The summed E-state index contributed by atoms with van der Waals surface area (Å²) in [6, 6.07) is 0. The molecule has 0 fully saturated rings. The van der Waals surface area contributed by atoms with Crippen molar-refractivity contribution < 1.29 is 5.21 Å². The summed E-state index contributed by atoms with van der Waals surface area (Å²) in [5.74, 6) is 0.359. The predicted octanol–water partition coefficient (Wildman–Crippen LogP) is 1.70. The lowest BCUT2D eigenvalue weighted by molar-refractivity contribution is 0.318. The fraction of sp³-hybridized carbons (Fsp3) is 0.667. The van der Waals surface area contributed by atoms with E-state index in [1.165, 1.54) is 6.21 Å². The van der Waals surface area contributed by atoms with Crippen molar-refractivity contribution in [1.82, 2.24) is 0 Å². The third kappa shape index (κ3) is 3.65. The van der Waals surface area contributed by atoms with Crippen molar-refractivity contribution in [2.75, 3.05) is 0 Å². The first-order chi connectivity index (χ1) is 3.81. The summed E-state index contributed by atoms with van der Waals surface area (Å²) < 4.78 is 0. The normalized spacial score (nSPS) is 14.8. The van der Waals surface area contributed by atoms with E-state index in [-0.39, 0.29) is 0 Å². The highest BCUT2D eigenvalue weighted by molar-refractivity contribution is 5.58. The fourth-order valence-electron chi connectivity index (χ4n) is 0.510. The van der Waals surface area contributed by atoms with Gasteiger partial charge in [-0.15, -0.1) is 5.16 Å². The smallest absolute Gasteiger partial charge is 0.0464 e. The molecule has 2 heteroatoms. The summed E-state index contributed by atoms with van der Waals surface area (Å²) >= 11 is 0. The van der Waals surface area contributed by atoms with Crippen molar-refractivity contribution in [2.45, 2.75) is 19.8 Å². The average Bonchev–Trinajstić information content (AvgIpc) is 1.68. The molecule has 0 aliphatic rings. The van der Waals surface area contributed by atoms with Crippen molar-refractivity contribution in [3.8, 4) is 0 Å². The topological polar surface area (TPSA) is 32.6 Å². The lowest BCUT2D eigenvalue weighted by Gasteiger charge is -1.97. The molecule has 0 saturated carbocycles. The zero-order valence-corrected chi connectivity index (χ0v) is 5.17. The van der Waals surface area contributed by atoms with Gasteiger partial charge in [0.15, 0.2) is 0 Å². The van der Waals surface area contributed by atoms with Gasteiger partial charge >= 0.3 is 0 Å². The number of oxime groups is 1. The van der Waals surface area contributed by atoms with Crippen molar-refractivity contribution >= 4 is 6.21 Å². The molecule has 0 bridgehead atoms. The molecule has 0 aromatic rings. The standard InChI is InChI=1S/C6H12NO/c1-3-4-6(2)5-7-8/h5-6,8H,1,3-4H2,2H3/b7-5-. The molecule has 0 spiro atoms. The van der Waals surface area contributed by atoms with E-state index in [0.29, 0.717) is 5.92 Å². The van der Waals surface area contributed by atoms with Crippen LogP contribution in [0.1, 0.15) is 19.8 Å². The number of nitrogens with zero attached hydrogens (tertiary/aromatic N) is 1. The van der Waals surface area contributed by atoms with Crippen LogP contribution in [0.25, 0.3) is 0 Å². The maximum Gasteiger partial charge on any atom is 0.0464 e. The molecule has 0 aromatic carbocycles. The second-order valence-electron chi connectivity index (χ2n) is 1.88. The van der Waals surface area contributed by atoms with Gasteiger partial charge in [-0.2, -0.15) is 0 Å². The summed E-state index contributed by atoms with van der Waals surface area (Å²) in [6.45, 7) is 5.66. The molecular formula is C6H12NO.